The standard InChI is InChI=1S/C19H18N2O/c20-12-15-6-8-17(9-7-15)18-10-11-19(21-13-18)22-14-16-4-2-1-3-5-16/h1-11,13H,12,14,20H2. The molecule has 3 rings (SSSR count). The van der Waals surface area contributed by atoms with Gasteiger partial charge < -0.3 is 10.5 Å². The molecular formula is C19H18N2O. The highest BCUT2D eigenvalue weighted by Crippen LogP contribution is 2.21. The first-order chi connectivity index (χ1) is 10.8. The van der Waals surface area contributed by atoms with E-state index in [4.69, 9.17) is 10.5 Å². The topological polar surface area (TPSA) is 48.1 Å². The summed E-state index contributed by atoms with van der Waals surface area (Å²) in [5.41, 5.74) is 10.1. The maximum Gasteiger partial charge on any atom is 0.213 e. The Morgan fingerprint density at radius 3 is 2.14 bits per heavy atom. The van der Waals surface area contributed by atoms with Crippen LogP contribution in [0.3, 0.4) is 0 Å². The predicted molar refractivity (Wildman–Crippen MR) is 88.3 cm³/mol. The van der Waals surface area contributed by atoms with Crippen LogP contribution in [0.1, 0.15) is 11.1 Å². The first-order valence-corrected chi connectivity index (χ1v) is 7.27. The second-order valence-electron chi connectivity index (χ2n) is 5.06. The van der Waals surface area contributed by atoms with Gasteiger partial charge in [0.15, 0.2) is 0 Å². The van der Waals surface area contributed by atoms with E-state index >= 15 is 0 Å². The van der Waals surface area contributed by atoms with Crippen molar-refractivity contribution >= 4 is 0 Å². The van der Waals surface area contributed by atoms with Crippen molar-refractivity contribution in [3.8, 4) is 17.0 Å². The third-order valence-electron chi connectivity index (χ3n) is 3.49. The van der Waals surface area contributed by atoms with Crippen molar-refractivity contribution in [3.63, 3.8) is 0 Å². The summed E-state index contributed by atoms with van der Waals surface area (Å²) >= 11 is 0. The summed E-state index contributed by atoms with van der Waals surface area (Å²) in [4.78, 5) is 4.37. The van der Waals surface area contributed by atoms with Crippen LogP contribution in [0.25, 0.3) is 11.1 Å². The van der Waals surface area contributed by atoms with Gasteiger partial charge in [-0.1, -0.05) is 54.6 Å². The molecule has 0 radical (unpaired) electrons. The van der Waals surface area contributed by atoms with Crippen molar-refractivity contribution in [1.82, 2.24) is 4.98 Å². The van der Waals surface area contributed by atoms with Gasteiger partial charge in [-0.3, -0.25) is 0 Å². The fourth-order valence-electron chi connectivity index (χ4n) is 2.20. The minimum atomic E-state index is 0.526. The van der Waals surface area contributed by atoms with E-state index < -0.39 is 0 Å². The minimum absolute atomic E-state index is 0.526. The summed E-state index contributed by atoms with van der Waals surface area (Å²) in [7, 11) is 0. The quantitative estimate of drug-likeness (QED) is 0.777. The Bertz CT molecular complexity index is 707. The zero-order valence-electron chi connectivity index (χ0n) is 12.3. The molecule has 1 aromatic heterocycles. The first kappa shape index (κ1) is 14.3. The van der Waals surface area contributed by atoms with Gasteiger partial charge in [0.1, 0.15) is 6.61 Å². The minimum Gasteiger partial charge on any atom is -0.473 e. The third-order valence-corrected chi connectivity index (χ3v) is 3.49. The lowest BCUT2D eigenvalue weighted by atomic mass is 10.1. The molecule has 22 heavy (non-hydrogen) atoms. The second kappa shape index (κ2) is 6.87. The second-order valence-corrected chi connectivity index (χ2v) is 5.06. The normalized spacial score (nSPS) is 10.4. The molecule has 0 saturated carbocycles. The summed E-state index contributed by atoms with van der Waals surface area (Å²) in [6.07, 6.45) is 1.83. The largest absolute Gasteiger partial charge is 0.473 e. The van der Waals surface area contributed by atoms with Crippen LogP contribution in [0.15, 0.2) is 72.9 Å². The van der Waals surface area contributed by atoms with E-state index in [1.54, 1.807) is 0 Å². The van der Waals surface area contributed by atoms with Crippen LogP contribution in [-0.2, 0) is 13.2 Å². The molecule has 3 heteroatoms. The van der Waals surface area contributed by atoms with Crippen LogP contribution in [0.2, 0.25) is 0 Å². The number of pyridine rings is 1. The fraction of sp³-hybridized carbons (Fsp3) is 0.105. The van der Waals surface area contributed by atoms with E-state index in [0.29, 0.717) is 19.0 Å². The van der Waals surface area contributed by atoms with Crippen molar-refractivity contribution in [3.05, 3.63) is 84.1 Å². The van der Waals surface area contributed by atoms with Gasteiger partial charge in [-0.05, 0) is 22.8 Å². The predicted octanol–water partition coefficient (Wildman–Crippen LogP) is 3.79. The maximum absolute atomic E-state index is 5.69. The van der Waals surface area contributed by atoms with Gasteiger partial charge in [-0.2, -0.15) is 0 Å². The highest BCUT2D eigenvalue weighted by atomic mass is 16.5. The van der Waals surface area contributed by atoms with E-state index in [-0.39, 0.29) is 0 Å². The lowest BCUT2D eigenvalue weighted by molar-refractivity contribution is 0.294. The molecule has 0 aliphatic heterocycles. The Balaban J connectivity index is 1.67. The highest BCUT2D eigenvalue weighted by Gasteiger charge is 2.01. The Morgan fingerprint density at radius 1 is 0.773 bits per heavy atom. The zero-order valence-corrected chi connectivity index (χ0v) is 12.3. The summed E-state index contributed by atoms with van der Waals surface area (Å²) in [6, 6.07) is 22.2. The van der Waals surface area contributed by atoms with Crippen LogP contribution >= 0.6 is 0 Å². The maximum atomic E-state index is 5.69. The number of ether oxygens (including phenoxy) is 1. The van der Waals surface area contributed by atoms with Crippen molar-refractivity contribution in [2.24, 2.45) is 5.73 Å². The highest BCUT2D eigenvalue weighted by molar-refractivity contribution is 5.62. The van der Waals surface area contributed by atoms with Gasteiger partial charge in [0.25, 0.3) is 0 Å². The first-order valence-electron chi connectivity index (χ1n) is 7.27. The molecule has 1 heterocycles. The molecule has 110 valence electrons. The number of hydrogen-bond donors (Lipinski definition) is 1. The number of hydrogen-bond acceptors (Lipinski definition) is 3. The van der Waals surface area contributed by atoms with Gasteiger partial charge in [0, 0.05) is 24.4 Å². The lowest BCUT2D eigenvalue weighted by Crippen LogP contribution is -1.97. The van der Waals surface area contributed by atoms with E-state index in [2.05, 4.69) is 17.1 Å². The molecule has 0 saturated heterocycles. The SMILES string of the molecule is NCc1ccc(-c2ccc(OCc3ccccc3)nc2)cc1. The summed E-state index contributed by atoms with van der Waals surface area (Å²) < 4.78 is 5.69. The molecule has 0 aliphatic rings. The monoisotopic (exact) mass is 290 g/mol. The number of benzene rings is 2. The van der Waals surface area contributed by atoms with Gasteiger partial charge in [-0.25, -0.2) is 4.98 Å². The average molecular weight is 290 g/mol. The Kier molecular flexibility index (Phi) is 4.47. The van der Waals surface area contributed by atoms with Crippen molar-refractivity contribution in [2.45, 2.75) is 13.2 Å². The van der Waals surface area contributed by atoms with Crippen molar-refractivity contribution in [1.29, 1.82) is 0 Å². The van der Waals surface area contributed by atoms with Crippen LogP contribution in [0, 0.1) is 0 Å². The van der Waals surface area contributed by atoms with Gasteiger partial charge >= 0.3 is 0 Å². The van der Waals surface area contributed by atoms with Crippen molar-refractivity contribution in [2.75, 3.05) is 0 Å². The Morgan fingerprint density at radius 2 is 1.50 bits per heavy atom. The molecule has 0 bridgehead atoms. The Hall–Kier alpha value is -2.65. The molecule has 0 spiro atoms. The van der Waals surface area contributed by atoms with Gasteiger partial charge in [0.05, 0.1) is 0 Å². The molecular weight excluding hydrogens is 272 g/mol. The number of nitrogens with two attached hydrogens (primary N) is 1. The molecule has 2 aromatic carbocycles. The zero-order chi connectivity index (χ0) is 15.2. The van der Waals surface area contributed by atoms with E-state index in [9.17, 15) is 0 Å². The summed E-state index contributed by atoms with van der Waals surface area (Å²) in [5, 5.41) is 0. The molecule has 0 atom stereocenters. The van der Waals surface area contributed by atoms with Crippen LogP contribution in [0.4, 0.5) is 0 Å². The smallest absolute Gasteiger partial charge is 0.213 e. The molecule has 0 unspecified atom stereocenters. The Labute approximate surface area is 130 Å². The van der Waals surface area contributed by atoms with E-state index in [1.807, 2.05) is 60.8 Å². The number of rotatable bonds is 5. The lowest BCUT2D eigenvalue weighted by Gasteiger charge is -2.07. The number of aromatic nitrogens is 1. The van der Waals surface area contributed by atoms with Gasteiger partial charge in [0.2, 0.25) is 5.88 Å². The van der Waals surface area contributed by atoms with Crippen LogP contribution in [-0.4, -0.2) is 4.98 Å². The van der Waals surface area contributed by atoms with Gasteiger partial charge in [-0.15, -0.1) is 0 Å². The third kappa shape index (κ3) is 3.51. The molecule has 3 nitrogen and oxygen atoms in total. The summed E-state index contributed by atoms with van der Waals surface area (Å²) in [6.45, 7) is 1.09. The summed E-state index contributed by atoms with van der Waals surface area (Å²) in [5.74, 6) is 0.631. The molecule has 0 fully saturated rings. The van der Waals surface area contributed by atoms with Crippen LogP contribution < -0.4 is 10.5 Å². The average Bonchev–Trinajstić information content (AvgIpc) is 2.61. The van der Waals surface area contributed by atoms with E-state index in [1.165, 1.54) is 0 Å². The number of nitrogens with zero attached hydrogens (tertiary/aromatic N) is 1. The van der Waals surface area contributed by atoms with Crippen LogP contribution in [0.5, 0.6) is 5.88 Å². The molecule has 2 N–H and O–H groups in total. The fourth-order valence-corrected chi connectivity index (χ4v) is 2.20. The van der Waals surface area contributed by atoms with Crippen molar-refractivity contribution < 1.29 is 4.74 Å². The molecule has 0 aliphatic carbocycles. The molecule has 3 aromatic rings. The molecule has 0 amide bonds. The van der Waals surface area contributed by atoms with E-state index in [0.717, 1.165) is 22.3 Å².